The highest BCUT2D eigenvalue weighted by molar-refractivity contribution is 6.30. The summed E-state index contributed by atoms with van der Waals surface area (Å²) in [5, 5.41) is 11.8. The Morgan fingerprint density at radius 1 is 0.292 bits per heavy atom. The Kier molecular flexibility index (Phi) is 8.71. The summed E-state index contributed by atoms with van der Waals surface area (Å²) >= 11 is 0. The number of nitrogens with zero attached hydrogens (tertiary/aromatic N) is 1. The number of para-hydroxylation sites is 1. The fraction of sp³-hybridized carbons (Fsp3) is 0.0435. The molecule has 1 aliphatic rings. The summed E-state index contributed by atoms with van der Waals surface area (Å²) in [4.78, 5) is 2.39. The van der Waals surface area contributed by atoms with Gasteiger partial charge in [-0.05, 0) is 149 Å². The summed E-state index contributed by atoms with van der Waals surface area (Å²) in [5.41, 5.74) is 18.6. The normalized spacial score (nSPS) is 13.0. The van der Waals surface area contributed by atoms with E-state index in [-0.39, 0.29) is 5.41 Å². The van der Waals surface area contributed by atoms with Gasteiger partial charge in [0, 0.05) is 49.6 Å². The molecular weight excluding hydrogens is 875 g/mol. The lowest BCUT2D eigenvalue weighted by Gasteiger charge is -2.28. The molecule has 72 heavy (non-hydrogen) atoms. The van der Waals surface area contributed by atoms with Gasteiger partial charge in [-0.3, -0.25) is 0 Å². The van der Waals surface area contributed by atoms with Crippen molar-refractivity contribution in [3.63, 3.8) is 0 Å². The molecule has 1 aliphatic carbocycles. The Bertz CT molecular complexity index is 4480. The van der Waals surface area contributed by atoms with Crippen molar-refractivity contribution in [2.24, 2.45) is 0 Å². The van der Waals surface area contributed by atoms with Gasteiger partial charge in [-0.25, -0.2) is 0 Å². The van der Waals surface area contributed by atoms with Crippen molar-refractivity contribution in [2.75, 3.05) is 4.90 Å². The number of rotatable bonds is 6. The average molecular weight is 920 g/mol. The summed E-state index contributed by atoms with van der Waals surface area (Å²) in [6.45, 7) is 4.70. The van der Waals surface area contributed by atoms with E-state index in [0.29, 0.717) is 0 Å². The third-order valence-corrected chi connectivity index (χ3v) is 15.7. The second-order valence-electron chi connectivity index (χ2n) is 19.9. The highest BCUT2D eigenvalue weighted by atomic mass is 16.3. The van der Waals surface area contributed by atoms with Gasteiger partial charge in [0.05, 0.1) is 0 Å². The number of hydrogen-bond acceptors (Lipinski definition) is 3. The van der Waals surface area contributed by atoms with Gasteiger partial charge in [0.25, 0.3) is 0 Å². The minimum absolute atomic E-state index is 0.137. The predicted molar refractivity (Wildman–Crippen MR) is 302 cm³/mol. The van der Waals surface area contributed by atoms with Gasteiger partial charge in [0.15, 0.2) is 0 Å². The Hall–Kier alpha value is -9.18. The number of fused-ring (bicyclic) bond motifs is 16. The van der Waals surface area contributed by atoms with Gasteiger partial charge in [0.2, 0.25) is 0 Å². The minimum Gasteiger partial charge on any atom is -0.456 e. The summed E-state index contributed by atoms with van der Waals surface area (Å²) in [6.07, 6.45) is 0. The van der Waals surface area contributed by atoms with Crippen LogP contribution in [0.5, 0.6) is 0 Å². The molecule has 0 N–H and O–H groups in total. The van der Waals surface area contributed by atoms with Gasteiger partial charge in [0.1, 0.15) is 22.3 Å². The maximum absolute atomic E-state index is 7.14. The van der Waals surface area contributed by atoms with Crippen LogP contribution in [-0.4, -0.2) is 0 Å². The van der Waals surface area contributed by atoms with Crippen molar-refractivity contribution < 1.29 is 8.83 Å². The maximum Gasteiger partial charge on any atom is 0.143 e. The molecule has 14 aromatic rings. The van der Waals surface area contributed by atoms with Crippen LogP contribution >= 0.6 is 0 Å². The van der Waals surface area contributed by atoms with Gasteiger partial charge in [-0.1, -0.05) is 184 Å². The Labute approximate surface area is 416 Å². The molecule has 3 heteroatoms. The van der Waals surface area contributed by atoms with Crippen LogP contribution in [0, 0.1) is 0 Å². The number of benzene rings is 12. The molecular formula is C69H45NO2. The molecule has 0 amide bonds. The van der Waals surface area contributed by atoms with E-state index in [4.69, 9.17) is 8.83 Å². The zero-order valence-corrected chi connectivity index (χ0v) is 39.8. The van der Waals surface area contributed by atoms with Crippen LogP contribution < -0.4 is 4.90 Å². The molecule has 0 saturated carbocycles. The molecule has 0 radical (unpaired) electrons. The predicted octanol–water partition coefficient (Wildman–Crippen LogP) is 19.7. The standard InChI is InChI=1S/C69H45NO2/c1-69(2)60-22-12-10-20-56(60)57-35-33-48(41-61(57)69)70(46-29-24-43(25-30-46)42-14-4-3-5-15-42)47-31-26-44(27-32-47)50-37-36-49(66-67-64(72-68(50)66)39-38-63-65(67)58-21-11-13-23-62(58)71-63)45-28-34-55-53-18-7-6-16-51(53)52-17-8-9-19-54(52)59(55)40-45/h3-41H,1-2H3. The zero-order valence-electron chi connectivity index (χ0n) is 39.8. The van der Waals surface area contributed by atoms with Crippen molar-refractivity contribution in [3.8, 4) is 44.5 Å². The second kappa shape index (κ2) is 15.4. The lowest BCUT2D eigenvalue weighted by Crippen LogP contribution is -2.16. The molecule has 0 spiro atoms. The minimum atomic E-state index is -0.137. The SMILES string of the molecule is CC1(C)c2ccccc2-c2ccc(N(c3ccc(-c4ccccc4)cc3)c3ccc(-c4ccc(-c5ccc6c7ccccc7c7ccccc7c6c5)c5c4oc4ccc6oc7ccccc7c6c45)cc3)cc21. The first-order valence-corrected chi connectivity index (χ1v) is 24.9. The third-order valence-electron chi connectivity index (χ3n) is 15.7. The lowest BCUT2D eigenvalue weighted by atomic mass is 9.82. The summed E-state index contributed by atoms with van der Waals surface area (Å²) in [5.74, 6) is 0. The Balaban J connectivity index is 0.917. The van der Waals surface area contributed by atoms with Crippen molar-refractivity contribution in [1.29, 1.82) is 0 Å². The fourth-order valence-corrected chi connectivity index (χ4v) is 12.2. The van der Waals surface area contributed by atoms with Crippen LogP contribution in [0.3, 0.4) is 0 Å². The molecule has 338 valence electrons. The lowest BCUT2D eigenvalue weighted by molar-refractivity contribution is 0.660. The summed E-state index contributed by atoms with van der Waals surface area (Å²) < 4.78 is 13.7. The Morgan fingerprint density at radius 2 is 0.806 bits per heavy atom. The zero-order chi connectivity index (χ0) is 47.7. The van der Waals surface area contributed by atoms with E-state index < -0.39 is 0 Å². The summed E-state index contributed by atoms with van der Waals surface area (Å²) in [7, 11) is 0. The highest BCUT2D eigenvalue weighted by Crippen LogP contribution is 2.52. The molecule has 0 unspecified atom stereocenters. The fourth-order valence-electron chi connectivity index (χ4n) is 12.2. The average Bonchev–Trinajstić information content (AvgIpc) is 4.09. The molecule has 15 rings (SSSR count). The van der Waals surface area contributed by atoms with Crippen LogP contribution in [0.15, 0.2) is 245 Å². The number of anilines is 3. The van der Waals surface area contributed by atoms with E-state index in [0.717, 1.165) is 83.2 Å². The molecule has 2 aromatic heterocycles. The van der Waals surface area contributed by atoms with E-state index in [1.54, 1.807) is 0 Å². The van der Waals surface area contributed by atoms with Crippen LogP contribution in [0.1, 0.15) is 25.0 Å². The number of hydrogen-bond donors (Lipinski definition) is 0. The van der Waals surface area contributed by atoms with Crippen LogP contribution in [0.2, 0.25) is 0 Å². The Morgan fingerprint density at radius 3 is 1.53 bits per heavy atom. The molecule has 0 fully saturated rings. The monoisotopic (exact) mass is 919 g/mol. The maximum atomic E-state index is 7.14. The van der Waals surface area contributed by atoms with E-state index in [9.17, 15) is 0 Å². The molecule has 3 nitrogen and oxygen atoms in total. The van der Waals surface area contributed by atoms with Crippen LogP contribution in [0.4, 0.5) is 17.1 Å². The molecule has 2 heterocycles. The largest absolute Gasteiger partial charge is 0.456 e. The third kappa shape index (κ3) is 5.98. The molecule has 0 bridgehead atoms. The molecule has 0 atom stereocenters. The van der Waals surface area contributed by atoms with Gasteiger partial charge < -0.3 is 13.7 Å². The van der Waals surface area contributed by atoms with Crippen LogP contribution in [-0.2, 0) is 5.41 Å². The number of furan rings is 2. The molecule has 0 saturated heterocycles. The van der Waals surface area contributed by atoms with E-state index in [1.807, 2.05) is 6.07 Å². The topological polar surface area (TPSA) is 29.5 Å². The van der Waals surface area contributed by atoms with Gasteiger partial charge in [-0.15, -0.1) is 0 Å². The second-order valence-corrected chi connectivity index (χ2v) is 19.9. The van der Waals surface area contributed by atoms with Crippen molar-refractivity contribution >= 4 is 93.3 Å². The van der Waals surface area contributed by atoms with Crippen molar-refractivity contribution in [3.05, 3.63) is 248 Å². The van der Waals surface area contributed by atoms with Crippen LogP contribution in [0.25, 0.3) is 121 Å². The van der Waals surface area contributed by atoms with E-state index >= 15 is 0 Å². The quantitative estimate of drug-likeness (QED) is 0.156. The molecule has 0 aliphatic heterocycles. The van der Waals surface area contributed by atoms with Crippen molar-refractivity contribution in [1.82, 2.24) is 0 Å². The van der Waals surface area contributed by atoms with Gasteiger partial charge in [-0.2, -0.15) is 0 Å². The molecule has 12 aromatic carbocycles. The van der Waals surface area contributed by atoms with Crippen molar-refractivity contribution in [2.45, 2.75) is 19.3 Å². The summed E-state index contributed by atoms with van der Waals surface area (Å²) in [6, 6.07) is 86.1. The van der Waals surface area contributed by atoms with Gasteiger partial charge >= 0.3 is 0 Å². The first kappa shape index (κ1) is 40.7. The van der Waals surface area contributed by atoms with E-state index in [2.05, 4.69) is 249 Å². The first-order valence-electron chi connectivity index (χ1n) is 24.9. The smallest absolute Gasteiger partial charge is 0.143 e. The highest BCUT2D eigenvalue weighted by Gasteiger charge is 2.36. The first-order chi connectivity index (χ1) is 35.5. The van der Waals surface area contributed by atoms with E-state index in [1.165, 1.54) is 65.7 Å².